The Morgan fingerprint density at radius 1 is 1.42 bits per heavy atom. The fourth-order valence-electron chi connectivity index (χ4n) is 1.95. The minimum absolute atomic E-state index is 0.348. The van der Waals surface area contributed by atoms with Crippen molar-refractivity contribution in [2.45, 2.75) is 25.9 Å². The highest BCUT2D eigenvalue weighted by atomic mass is 16.5. The summed E-state index contributed by atoms with van der Waals surface area (Å²) in [6.45, 7) is 2.14. The van der Waals surface area contributed by atoms with Gasteiger partial charge in [0.05, 0.1) is 6.10 Å². The predicted molar refractivity (Wildman–Crippen MR) is 49.3 cm³/mol. The molecule has 0 fully saturated rings. The number of benzene rings is 1. The Morgan fingerprint density at radius 2 is 2.25 bits per heavy atom. The number of hydrogen-bond donors (Lipinski definition) is 0. The van der Waals surface area contributed by atoms with Gasteiger partial charge in [-0.25, -0.2) is 0 Å². The van der Waals surface area contributed by atoms with Crippen LogP contribution >= 0.6 is 0 Å². The van der Waals surface area contributed by atoms with E-state index >= 15 is 0 Å². The maximum absolute atomic E-state index is 5.38. The van der Waals surface area contributed by atoms with Gasteiger partial charge < -0.3 is 4.74 Å². The second kappa shape index (κ2) is 2.91. The highest BCUT2D eigenvalue weighted by Crippen LogP contribution is 2.33. The van der Waals surface area contributed by atoms with E-state index in [1.165, 1.54) is 23.1 Å². The van der Waals surface area contributed by atoms with Gasteiger partial charge in [0.25, 0.3) is 0 Å². The lowest BCUT2D eigenvalue weighted by Gasteiger charge is -2.08. The predicted octanol–water partition coefficient (Wildman–Crippen LogP) is 2.63. The summed E-state index contributed by atoms with van der Waals surface area (Å²) in [6.07, 6.45) is 2.67. The Bertz CT molecular complexity index is 291. The molecule has 0 saturated carbocycles. The summed E-state index contributed by atoms with van der Waals surface area (Å²) in [6, 6.07) is 6.64. The van der Waals surface area contributed by atoms with Gasteiger partial charge in [-0.3, -0.25) is 0 Å². The lowest BCUT2D eigenvalue weighted by molar-refractivity contribution is 0.105. The summed E-state index contributed by atoms with van der Waals surface area (Å²) in [5.74, 6) is 0. The molecule has 1 aromatic carbocycles. The first kappa shape index (κ1) is 7.81. The zero-order valence-corrected chi connectivity index (χ0v) is 7.63. The normalized spacial score (nSPS) is 21.0. The SMILES string of the molecule is CO[C@H]1CCc2cc(C)ccc21. The lowest BCUT2D eigenvalue weighted by atomic mass is 10.1. The van der Waals surface area contributed by atoms with Gasteiger partial charge >= 0.3 is 0 Å². The van der Waals surface area contributed by atoms with E-state index in [1.54, 1.807) is 7.11 Å². The van der Waals surface area contributed by atoms with Gasteiger partial charge in [-0.2, -0.15) is 0 Å². The van der Waals surface area contributed by atoms with Gasteiger partial charge in [0.2, 0.25) is 0 Å². The largest absolute Gasteiger partial charge is 0.377 e. The standard InChI is InChI=1S/C11H14O/c1-8-3-5-10-9(7-8)4-6-11(10)12-2/h3,5,7,11H,4,6H2,1-2H3/t11-/m0/s1. The minimum atomic E-state index is 0.348. The Labute approximate surface area is 73.4 Å². The van der Waals surface area contributed by atoms with Crippen LogP contribution in [0.3, 0.4) is 0 Å². The Morgan fingerprint density at radius 3 is 3.00 bits per heavy atom. The highest BCUT2D eigenvalue weighted by molar-refractivity contribution is 5.36. The van der Waals surface area contributed by atoms with Crippen molar-refractivity contribution in [3.63, 3.8) is 0 Å². The Kier molecular flexibility index (Phi) is 1.89. The van der Waals surface area contributed by atoms with E-state index in [-0.39, 0.29) is 0 Å². The number of hydrogen-bond acceptors (Lipinski definition) is 1. The van der Waals surface area contributed by atoms with Crippen LogP contribution in [0.25, 0.3) is 0 Å². The number of methoxy groups -OCH3 is 1. The fourth-order valence-corrected chi connectivity index (χ4v) is 1.95. The van der Waals surface area contributed by atoms with Crippen LogP contribution in [0.15, 0.2) is 18.2 Å². The Hall–Kier alpha value is -0.820. The van der Waals surface area contributed by atoms with Gasteiger partial charge in [-0.15, -0.1) is 0 Å². The molecule has 0 unspecified atom stereocenters. The molecule has 0 spiro atoms. The third-order valence-electron chi connectivity index (χ3n) is 2.61. The van der Waals surface area contributed by atoms with Crippen LogP contribution in [-0.4, -0.2) is 7.11 Å². The molecule has 12 heavy (non-hydrogen) atoms. The first-order valence-corrected chi connectivity index (χ1v) is 4.43. The molecular weight excluding hydrogens is 148 g/mol. The first-order chi connectivity index (χ1) is 5.81. The summed E-state index contributed by atoms with van der Waals surface area (Å²) >= 11 is 0. The fraction of sp³-hybridized carbons (Fsp3) is 0.455. The molecule has 0 heterocycles. The summed E-state index contributed by atoms with van der Waals surface area (Å²) in [5.41, 5.74) is 4.22. The molecule has 0 amide bonds. The average molecular weight is 162 g/mol. The first-order valence-electron chi connectivity index (χ1n) is 4.43. The molecule has 1 atom stereocenters. The molecule has 1 aliphatic rings. The second-order valence-electron chi connectivity index (χ2n) is 3.47. The smallest absolute Gasteiger partial charge is 0.0827 e. The van der Waals surface area contributed by atoms with Crippen LogP contribution in [0.5, 0.6) is 0 Å². The van der Waals surface area contributed by atoms with E-state index in [2.05, 4.69) is 25.1 Å². The minimum Gasteiger partial charge on any atom is -0.377 e. The van der Waals surface area contributed by atoms with Crippen molar-refractivity contribution in [3.05, 3.63) is 34.9 Å². The number of ether oxygens (including phenoxy) is 1. The Balaban J connectivity index is 2.40. The van der Waals surface area contributed by atoms with E-state index in [4.69, 9.17) is 4.74 Å². The molecule has 0 bridgehead atoms. The molecule has 0 radical (unpaired) electrons. The second-order valence-corrected chi connectivity index (χ2v) is 3.47. The van der Waals surface area contributed by atoms with Crippen LogP contribution in [0.4, 0.5) is 0 Å². The molecule has 0 aromatic heterocycles. The molecule has 0 N–H and O–H groups in total. The molecule has 1 nitrogen and oxygen atoms in total. The van der Waals surface area contributed by atoms with E-state index in [0.29, 0.717) is 6.10 Å². The van der Waals surface area contributed by atoms with Crippen molar-refractivity contribution in [1.29, 1.82) is 0 Å². The average Bonchev–Trinajstić information content (AvgIpc) is 2.46. The number of rotatable bonds is 1. The topological polar surface area (TPSA) is 9.23 Å². The molecule has 0 aliphatic heterocycles. The molecule has 1 heteroatoms. The molecule has 64 valence electrons. The van der Waals surface area contributed by atoms with E-state index in [0.717, 1.165) is 6.42 Å². The summed E-state index contributed by atoms with van der Waals surface area (Å²) in [5, 5.41) is 0. The van der Waals surface area contributed by atoms with Gasteiger partial charge in [0, 0.05) is 7.11 Å². The van der Waals surface area contributed by atoms with Crippen LogP contribution in [0, 0.1) is 6.92 Å². The van der Waals surface area contributed by atoms with Crippen molar-refractivity contribution in [3.8, 4) is 0 Å². The molecular formula is C11H14O. The van der Waals surface area contributed by atoms with E-state index < -0.39 is 0 Å². The molecule has 2 rings (SSSR count). The van der Waals surface area contributed by atoms with Gasteiger partial charge in [-0.05, 0) is 30.9 Å². The van der Waals surface area contributed by atoms with Crippen molar-refractivity contribution < 1.29 is 4.74 Å². The zero-order valence-electron chi connectivity index (χ0n) is 7.63. The third-order valence-corrected chi connectivity index (χ3v) is 2.61. The van der Waals surface area contributed by atoms with Gasteiger partial charge in [0.15, 0.2) is 0 Å². The zero-order chi connectivity index (χ0) is 8.55. The summed E-state index contributed by atoms with van der Waals surface area (Å²) < 4.78 is 5.38. The monoisotopic (exact) mass is 162 g/mol. The summed E-state index contributed by atoms with van der Waals surface area (Å²) in [7, 11) is 1.79. The molecule has 0 saturated heterocycles. The maximum Gasteiger partial charge on any atom is 0.0827 e. The molecule has 1 aliphatic carbocycles. The third kappa shape index (κ3) is 1.14. The van der Waals surface area contributed by atoms with Crippen molar-refractivity contribution in [2.24, 2.45) is 0 Å². The van der Waals surface area contributed by atoms with E-state index in [1.807, 2.05) is 0 Å². The van der Waals surface area contributed by atoms with Crippen LogP contribution in [0.2, 0.25) is 0 Å². The molecule has 1 aromatic rings. The maximum atomic E-state index is 5.38. The number of aryl methyl sites for hydroxylation is 2. The van der Waals surface area contributed by atoms with Crippen molar-refractivity contribution in [2.75, 3.05) is 7.11 Å². The lowest BCUT2D eigenvalue weighted by Crippen LogP contribution is -1.94. The van der Waals surface area contributed by atoms with Crippen LogP contribution in [-0.2, 0) is 11.2 Å². The van der Waals surface area contributed by atoms with Gasteiger partial charge in [0.1, 0.15) is 0 Å². The van der Waals surface area contributed by atoms with Crippen molar-refractivity contribution in [1.82, 2.24) is 0 Å². The highest BCUT2D eigenvalue weighted by Gasteiger charge is 2.21. The van der Waals surface area contributed by atoms with E-state index in [9.17, 15) is 0 Å². The van der Waals surface area contributed by atoms with Crippen LogP contribution < -0.4 is 0 Å². The van der Waals surface area contributed by atoms with Crippen LogP contribution in [0.1, 0.15) is 29.2 Å². The number of fused-ring (bicyclic) bond motifs is 1. The van der Waals surface area contributed by atoms with Gasteiger partial charge in [-0.1, -0.05) is 23.8 Å². The summed E-state index contributed by atoms with van der Waals surface area (Å²) in [4.78, 5) is 0. The van der Waals surface area contributed by atoms with Crippen molar-refractivity contribution >= 4 is 0 Å². The quantitative estimate of drug-likeness (QED) is 0.616.